The maximum absolute atomic E-state index is 7.02. The molecule has 4 nitrogen and oxygen atoms in total. The third-order valence-electron chi connectivity index (χ3n) is 7.63. The average molecular weight is 748 g/mol. The molecule has 4 aromatic rings. The van der Waals surface area contributed by atoms with Crippen LogP contribution in [0, 0.1) is 0 Å². The Morgan fingerprint density at radius 3 is 1.00 bits per heavy atom. The van der Waals surface area contributed by atoms with Gasteiger partial charge in [-0.2, -0.15) is 22.2 Å². The Labute approximate surface area is 278 Å². The number of nitrogens with zero attached hydrogens (tertiary/aromatic N) is 4. The van der Waals surface area contributed by atoms with E-state index in [1.54, 1.807) is 12.4 Å². The molecule has 4 rings (SSSR count). The predicted molar refractivity (Wildman–Crippen MR) is 184 cm³/mol. The first-order chi connectivity index (χ1) is 19.9. The quantitative estimate of drug-likeness (QED) is 0.133. The molecule has 228 valence electrons. The topological polar surface area (TPSA) is 51.6 Å². The van der Waals surface area contributed by atoms with Crippen molar-refractivity contribution < 1.29 is 17.3 Å². The van der Waals surface area contributed by atoms with Crippen LogP contribution in [0.3, 0.4) is 0 Å². The van der Waals surface area contributed by atoms with E-state index in [1.807, 2.05) is 78.2 Å². The predicted octanol–water partition coefficient (Wildman–Crippen LogP) is 9.40. The Hall–Kier alpha value is -1.47. The van der Waals surface area contributed by atoms with Gasteiger partial charge in [0.1, 0.15) is 0 Å². The van der Waals surface area contributed by atoms with Gasteiger partial charge in [-0.05, 0) is 68.9 Å². The van der Waals surface area contributed by atoms with E-state index in [0.29, 0.717) is 22.2 Å². The van der Waals surface area contributed by atoms with Crippen molar-refractivity contribution in [1.29, 1.82) is 0 Å². The number of pyridine rings is 4. The van der Waals surface area contributed by atoms with Crippen LogP contribution in [0.15, 0.2) is 85.5 Å². The van der Waals surface area contributed by atoms with E-state index in [2.05, 4.69) is 97.1 Å². The number of halogens is 3. The molecule has 0 saturated carbocycles. The van der Waals surface area contributed by atoms with Gasteiger partial charge in [-0.3, -0.25) is 19.9 Å². The summed E-state index contributed by atoms with van der Waals surface area (Å²) in [5, 5.41) is 2.42. The van der Waals surface area contributed by atoms with Gasteiger partial charge in [0.15, 0.2) is 14.8 Å². The van der Waals surface area contributed by atoms with E-state index in [4.69, 9.17) is 22.2 Å². The van der Waals surface area contributed by atoms with Crippen LogP contribution in [0.4, 0.5) is 0 Å². The summed E-state index contributed by atoms with van der Waals surface area (Å²) in [6.45, 7) is 17.7. The van der Waals surface area contributed by atoms with Gasteiger partial charge in [-0.15, -0.1) is 0 Å². The number of hydrogen-bond acceptors (Lipinski definition) is 4. The van der Waals surface area contributed by atoms with Crippen LogP contribution in [-0.4, -0.2) is 34.7 Å². The van der Waals surface area contributed by atoms with Gasteiger partial charge in [0.2, 0.25) is 0 Å². The van der Waals surface area contributed by atoms with Crippen LogP contribution in [0.2, 0.25) is 22.2 Å². The maximum atomic E-state index is 7.02. The van der Waals surface area contributed by atoms with Gasteiger partial charge in [-0.25, -0.2) is 0 Å². The van der Waals surface area contributed by atoms with Crippen LogP contribution in [0.5, 0.6) is 0 Å². The second-order valence-corrected chi connectivity index (χ2v) is 24.0. The molecule has 0 bridgehead atoms. The third kappa shape index (κ3) is 8.80. The normalized spacial score (nSPS) is 11.7. The molecule has 42 heavy (non-hydrogen) atoms. The third-order valence-corrected chi connectivity index (χ3v) is 23.3. The zero-order valence-electron chi connectivity index (χ0n) is 25.6. The molecule has 0 atom stereocenters. The van der Waals surface area contributed by atoms with E-state index >= 15 is 0 Å². The SMILES string of the molecule is CC(C)[Si](Cl)(c1ccc(-c2ccccn2)nc1)C(C)C.CC(C)[Si](Cl)(c1ccc(-c2ccccn2)nc1)C(C)C.[Cl][Rh]. The molecule has 0 amide bonds. The van der Waals surface area contributed by atoms with Gasteiger partial charge in [0.25, 0.3) is 0 Å². The monoisotopic (exact) mass is 746 g/mol. The molecule has 0 aliphatic carbocycles. The van der Waals surface area contributed by atoms with Crippen molar-refractivity contribution in [3.05, 3.63) is 85.5 Å². The summed E-state index contributed by atoms with van der Waals surface area (Å²) < 4.78 is 0. The minimum atomic E-state index is -2.01. The average Bonchev–Trinajstić information content (AvgIpc) is 3.02. The molecular formula is C32H42Cl3N4RhSi2. The molecule has 0 aliphatic rings. The number of aromatic nitrogens is 4. The Balaban J connectivity index is 0.000000277. The first kappa shape index (κ1) is 36.7. The van der Waals surface area contributed by atoms with Crippen LogP contribution in [0.25, 0.3) is 22.8 Å². The Morgan fingerprint density at radius 2 is 0.786 bits per heavy atom. The summed E-state index contributed by atoms with van der Waals surface area (Å²) in [7, 11) is 0.499. The molecule has 0 spiro atoms. The van der Waals surface area contributed by atoms with E-state index in [9.17, 15) is 0 Å². The Kier molecular flexibility index (Phi) is 15.0. The summed E-state index contributed by atoms with van der Waals surface area (Å²) in [6, 6.07) is 20.0. The summed E-state index contributed by atoms with van der Waals surface area (Å²) in [5.41, 5.74) is 5.51. The van der Waals surface area contributed by atoms with Gasteiger partial charge in [0, 0.05) is 24.8 Å². The molecule has 4 aromatic heterocycles. The van der Waals surface area contributed by atoms with Crippen LogP contribution >= 0.6 is 31.8 Å². The molecule has 0 aromatic carbocycles. The molecule has 0 fully saturated rings. The fraction of sp³-hybridized carbons (Fsp3) is 0.375. The van der Waals surface area contributed by atoms with Crippen LogP contribution in [0.1, 0.15) is 55.4 Å². The van der Waals surface area contributed by atoms with Crippen molar-refractivity contribution in [2.45, 2.75) is 77.6 Å². The van der Waals surface area contributed by atoms with Crippen LogP contribution < -0.4 is 10.4 Å². The van der Waals surface area contributed by atoms with Crippen molar-refractivity contribution in [1.82, 2.24) is 19.9 Å². The summed E-state index contributed by atoms with van der Waals surface area (Å²) in [5.74, 6) is 0. The van der Waals surface area contributed by atoms with Crippen LogP contribution in [-0.2, 0) is 17.3 Å². The van der Waals surface area contributed by atoms with E-state index in [-0.39, 0.29) is 0 Å². The zero-order valence-corrected chi connectivity index (χ0v) is 31.6. The van der Waals surface area contributed by atoms with Crippen molar-refractivity contribution in [3.63, 3.8) is 0 Å². The molecule has 0 aliphatic heterocycles. The molecule has 10 heteroatoms. The Bertz CT molecular complexity index is 1200. The van der Waals surface area contributed by atoms with E-state index in [0.717, 1.165) is 22.8 Å². The first-order valence-electron chi connectivity index (χ1n) is 14.2. The van der Waals surface area contributed by atoms with Crippen molar-refractivity contribution in [2.75, 3.05) is 0 Å². The first-order valence-corrected chi connectivity index (χ1v) is 22.6. The zero-order chi connectivity index (χ0) is 31.5. The molecular weight excluding hydrogens is 706 g/mol. The summed E-state index contributed by atoms with van der Waals surface area (Å²) in [4.78, 5) is 17.8. The fourth-order valence-corrected chi connectivity index (χ4v) is 12.4. The molecule has 0 saturated heterocycles. The number of hydrogen-bond donors (Lipinski definition) is 0. The second-order valence-electron chi connectivity index (χ2n) is 11.4. The van der Waals surface area contributed by atoms with Crippen molar-refractivity contribution in [3.8, 4) is 22.8 Å². The minimum absolute atomic E-state index is 0.478. The van der Waals surface area contributed by atoms with Gasteiger partial charge in [-0.1, -0.05) is 79.7 Å². The molecule has 0 N–H and O–H groups in total. The van der Waals surface area contributed by atoms with Crippen molar-refractivity contribution in [2.24, 2.45) is 0 Å². The van der Waals surface area contributed by atoms with Gasteiger partial charge >= 0.3 is 27.0 Å². The Morgan fingerprint density at radius 1 is 0.476 bits per heavy atom. The molecule has 0 unspecified atom stereocenters. The summed E-state index contributed by atoms with van der Waals surface area (Å²) >= 11 is 16.1. The molecule has 0 radical (unpaired) electrons. The van der Waals surface area contributed by atoms with E-state index < -0.39 is 14.8 Å². The standard InChI is InChI=1S/2C16H21ClN2Si.ClH.Rh/c2*1-12(2)20(17,13(3)4)14-8-9-16(19-11-14)15-7-5-6-10-18-15;;/h2*5-13H,1-4H3;1H;/q;;;+1/p-1. The fourth-order valence-electron chi connectivity index (χ4n) is 5.24. The van der Waals surface area contributed by atoms with E-state index in [1.165, 1.54) is 10.4 Å². The van der Waals surface area contributed by atoms with Gasteiger partial charge in [0.05, 0.1) is 22.8 Å². The number of rotatable bonds is 8. The van der Waals surface area contributed by atoms with Gasteiger partial charge < -0.3 is 0 Å². The van der Waals surface area contributed by atoms with Crippen molar-refractivity contribution >= 4 is 57.0 Å². The second kappa shape index (κ2) is 17.1. The summed E-state index contributed by atoms with van der Waals surface area (Å²) in [6.07, 6.45) is 7.47. The molecule has 4 heterocycles.